The molecule has 2 rings (SSSR count). The first-order chi connectivity index (χ1) is 9.37. The highest BCUT2D eigenvalue weighted by atomic mass is 79.9. The summed E-state index contributed by atoms with van der Waals surface area (Å²) >= 11 is 3.77. The number of hydrogen-bond acceptors (Lipinski definition) is 1. The molecule has 2 heteroatoms. The van der Waals surface area contributed by atoms with Gasteiger partial charge in [0.25, 0.3) is 0 Å². The van der Waals surface area contributed by atoms with Crippen molar-refractivity contribution < 1.29 is 4.79 Å². The number of Topliss-reactive ketones (excluding diaryl/α,β-unsaturated/α-hetero) is 1. The molecule has 1 atom stereocenters. The molecule has 0 radical (unpaired) electrons. The number of rotatable bonds is 3. The Bertz CT molecular complexity index is 584. The summed E-state index contributed by atoms with van der Waals surface area (Å²) in [6, 6.07) is 19.4. The van der Waals surface area contributed by atoms with Gasteiger partial charge < -0.3 is 0 Å². The smallest absolute Gasteiger partial charge is 0.184 e. The summed E-state index contributed by atoms with van der Waals surface area (Å²) in [5, 5.41) is 0. The summed E-state index contributed by atoms with van der Waals surface area (Å²) in [5.41, 5.74) is 1.46. The Morgan fingerprint density at radius 1 is 0.850 bits per heavy atom. The molecule has 0 saturated carbocycles. The van der Waals surface area contributed by atoms with E-state index in [-0.39, 0.29) is 11.2 Å². The zero-order chi connectivity index (χ0) is 14.8. The highest BCUT2D eigenvalue weighted by Crippen LogP contribution is 2.49. The van der Waals surface area contributed by atoms with Gasteiger partial charge in [-0.2, -0.15) is 0 Å². The number of alkyl halides is 1. The lowest BCUT2D eigenvalue weighted by Gasteiger charge is -2.39. The van der Waals surface area contributed by atoms with Crippen molar-refractivity contribution in [3.05, 3.63) is 71.8 Å². The Kier molecular flexibility index (Phi) is 4.14. The standard InChI is InChI=1S/C18H19BrO/c1-17(2,3)18(19,15-12-8-5-9-13-15)16(20)14-10-6-4-7-11-14/h4-13H,1-3H3. The van der Waals surface area contributed by atoms with Gasteiger partial charge in [-0.3, -0.25) is 4.79 Å². The highest BCUT2D eigenvalue weighted by Gasteiger charge is 2.47. The van der Waals surface area contributed by atoms with E-state index >= 15 is 0 Å². The van der Waals surface area contributed by atoms with Gasteiger partial charge in [0.05, 0.1) is 0 Å². The van der Waals surface area contributed by atoms with E-state index in [9.17, 15) is 4.79 Å². The molecule has 0 aromatic heterocycles. The number of halogens is 1. The Morgan fingerprint density at radius 3 is 1.75 bits per heavy atom. The Morgan fingerprint density at radius 2 is 1.30 bits per heavy atom. The summed E-state index contributed by atoms with van der Waals surface area (Å²) < 4.78 is -0.734. The molecule has 0 amide bonds. The molecule has 0 aliphatic carbocycles. The number of benzene rings is 2. The third kappa shape index (κ3) is 2.57. The van der Waals surface area contributed by atoms with Crippen molar-refractivity contribution in [3.8, 4) is 0 Å². The molecule has 1 unspecified atom stereocenters. The van der Waals surface area contributed by atoms with Crippen LogP contribution in [0.3, 0.4) is 0 Å². The first kappa shape index (κ1) is 15.0. The quantitative estimate of drug-likeness (QED) is 0.558. The van der Waals surface area contributed by atoms with Crippen molar-refractivity contribution in [2.24, 2.45) is 5.41 Å². The number of carbonyl (C=O) groups is 1. The fraction of sp³-hybridized carbons (Fsp3) is 0.278. The molecule has 0 bridgehead atoms. The number of ketones is 1. The molecule has 0 N–H and O–H groups in total. The van der Waals surface area contributed by atoms with Gasteiger partial charge in [-0.1, -0.05) is 97.4 Å². The molecule has 20 heavy (non-hydrogen) atoms. The molecule has 2 aromatic carbocycles. The Hall–Kier alpha value is -1.41. The van der Waals surface area contributed by atoms with Crippen LogP contribution in [0.2, 0.25) is 0 Å². The predicted molar refractivity (Wildman–Crippen MR) is 87.3 cm³/mol. The van der Waals surface area contributed by atoms with Crippen LogP contribution in [0, 0.1) is 5.41 Å². The zero-order valence-corrected chi connectivity index (χ0v) is 13.6. The molecule has 0 heterocycles. The average Bonchev–Trinajstić information content (AvgIpc) is 2.46. The third-order valence-corrected chi connectivity index (χ3v) is 5.56. The van der Waals surface area contributed by atoms with Crippen molar-refractivity contribution in [1.29, 1.82) is 0 Å². The molecular weight excluding hydrogens is 312 g/mol. The molecule has 0 saturated heterocycles. The van der Waals surface area contributed by atoms with Crippen molar-refractivity contribution in [2.45, 2.75) is 25.1 Å². The second kappa shape index (κ2) is 5.53. The molecule has 2 aromatic rings. The maximum Gasteiger partial charge on any atom is 0.184 e. The fourth-order valence-corrected chi connectivity index (χ4v) is 2.85. The molecule has 0 aliphatic heterocycles. The summed E-state index contributed by atoms with van der Waals surface area (Å²) in [4.78, 5) is 13.1. The molecule has 0 fully saturated rings. The largest absolute Gasteiger partial charge is 0.292 e. The van der Waals surface area contributed by atoms with Gasteiger partial charge >= 0.3 is 0 Å². The first-order valence-corrected chi connectivity index (χ1v) is 7.51. The highest BCUT2D eigenvalue weighted by molar-refractivity contribution is 9.10. The van der Waals surface area contributed by atoms with Crippen molar-refractivity contribution in [3.63, 3.8) is 0 Å². The van der Waals surface area contributed by atoms with Crippen LogP contribution in [0.4, 0.5) is 0 Å². The van der Waals surface area contributed by atoms with Crippen LogP contribution in [0.25, 0.3) is 0 Å². The lowest BCUT2D eigenvalue weighted by atomic mass is 9.72. The maximum atomic E-state index is 13.1. The van der Waals surface area contributed by atoms with E-state index in [1.165, 1.54) is 0 Å². The van der Waals surface area contributed by atoms with Gasteiger partial charge in [0, 0.05) is 5.56 Å². The van der Waals surface area contributed by atoms with Crippen LogP contribution >= 0.6 is 15.9 Å². The second-order valence-electron chi connectivity index (χ2n) is 5.97. The van der Waals surface area contributed by atoms with E-state index in [4.69, 9.17) is 0 Å². The minimum absolute atomic E-state index is 0.0943. The molecule has 0 aliphatic rings. The average molecular weight is 331 g/mol. The van der Waals surface area contributed by atoms with Crippen LogP contribution in [0.5, 0.6) is 0 Å². The third-order valence-electron chi connectivity index (χ3n) is 3.55. The zero-order valence-electron chi connectivity index (χ0n) is 12.1. The molecule has 0 spiro atoms. The Balaban J connectivity index is 2.58. The SMILES string of the molecule is CC(C)(C)C(Br)(C(=O)c1ccccc1)c1ccccc1. The maximum absolute atomic E-state index is 13.1. The van der Waals surface area contributed by atoms with E-state index in [1.807, 2.05) is 60.7 Å². The van der Waals surface area contributed by atoms with E-state index in [0.717, 1.165) is 11.1 Å². The van der Waals surface area contributed by atoms with E-state index in [1.54, 1.807) is 0 Å². The summed E-state index contributed by atoms with van der Waals surface area (Å²) in [7, 11) is 0. The van der Waals surface area contributed by atoms with Crippen LogP contribution in [-0.4, -0.2) is 5.78 Å². The van der Waals surface area contributed by atoms with Crippen LogP contribution in [0.15, 0.2) is 60.7 Å². The van der Waals surface area contributed by atoms with Gasteiger partial charge in [-0.05, 0) is 11.0 Å². The normalized spacial score (nSPS) is 14.6. The van der Waals surface area contributed by atoms with Gasteiger partial charge in [-0.25, -0.2) is 0 Å². The monoisotopic (exact) mass is 330 g/mol. The lowest BCUT2D eigenvalue weighted by Crippen LogP contribution is -2.41. The van der Waals surface area contributed by atoms with Crippen molar-refractivity contribution in [2.75, 3.05) is 0 Å². The van der Waals surface area contributed by atoms with Crippen molar-refractivity contribution >= 4 is 21.7 Å². The number of carbonyl (C=O) groups excluding carboxylic acids is 1. The minimum Gasteiger partial charge on any atom is -0.292 e. The fourth-order valence-electron chi connectivity index (χ4n) is 2.36. The van der Waals surface area contributed by atoms with Gasteiger partial charge in [0.15, 0.2) is 5.78 Å². The van der Waals surface area contributed by atoms with E-state index < -0.39 is 4.32 Å². The summed E-state index contributed by atoms with van der Waals surface area (Å²) in [6.45, 7) is 6.24. The van der Waals surface area contributed by atoms with E-state index in [2.05, 4.69) is 36.7 Å². The topological polar surface area (TPSA) is 17.1 Å². The minimum atomic E-state index is -0.734. The van der Waals surface area contributed by atoms with Crippen molar-refractivity contribution in [1.82, 2.24) is 0 Å². The molecular formula is C18H19BrO. The summed E-state index contributed by atoms with van der Waals surface area (Å²) in [6.07, 6.45) is 0. The predicted octanol–water partition coefficient (Wildman–Crippen LogP) is 5.21. The van der Waals surface area contributed by atoms with E-state index in [0.29, 0.717) is 0 Å². The Labute approximate surface area is 129 Å². The van der Waals surface area contributed by atoms with Crippen LogP contribution in [-0.2, 0) is 4.32 Å². The lowest BCUT2D eigenvalue weighted by molar-refractivity contribution is 0.0870. The molecule has 104 valence electrons. The van der Waals surface area contributed by atoms with Crippen LogP contribution in [0.1, 0.15) is 36.7 Å². The van der Waals surface area contributed by atoms with Gasteiger partial charge in [0.1, 0.15) is 4.32 Å². The second-order valence-corrected chi connectivity index (χ2v) is 7.16. The van der Waals surface area contributed by atoms with Gasteiger partial charge in [-0.15, -0.1) is 0 Å². The summed E-state index contributed by atoms with van der Waals surface area (Å²) in [5.74, 6) is 0.0943. The van der Waals surface area contributed by atoms with Crippen LogP contribution < -0.4 is 0 Å². The van der Waals surface area contributed by atoms with Gasteiger partial charge in [0.2, 0.25) is 0 Å². The first-order valence-electron chi connectivity index (χ1n) is 6.71. The molecule has 1 nitrogen and oxygen atoms in total. The number of hydrogen-bond donors (Lipinski definition) is 0.